The van der Waals surface area contributed by atoms with Crippen LogP contribution in [0.2, 0.25) is 0 Å². The van der Waals surface area contributed by atoms with Crippen molar-refractivity contribution in [1.29, 1.82) is 0 Å². The maximum atomic E-state index is 12.8. The number of amides is 3. The molecule has 6 nitrogen and oxygen atoms in total. The monoisotopic (exact) mass is 404 g/mol. The molecular weight excluding hydrogens is 376 g/mol. The minimum absolute atomic E-state index is 0.0258. The number of H-pyrrole nitrogens is 1. The summed E-state index contributed by atoms with van der Waals surface area (Å²) in [5.41, 5.74) is 12.1. The van der Waals surface area contributed by atoms with Gasteiger partial charge in [0.15, 0.2) is 0 Å². The molecule has 156 valence electrons. The summed E-state index contributed by atoms with van der Waals surface area (Å²) in [6.07, 6.45) is 1.57. The number of carbonyl (C=O) groups is 2. The zero-order valence-electron chi connectivity index (χ0n) is 17.5. The molecule has 0 aliphatic carbocycles. The number of aromatic amines is 1. The Bertz CT molecular complexity index is 1090. The summed E-state index contributed by atoms with van der Waals surface area (Å²) in [6.45, 7) is 5.67. The number of hydrogen-bond donors (Lipinski definition) is 3. The molecule has 1 aliphatic heterocycles. The second-order valence-electron chi connectivity index (χ2n) is 8.18. The third kappa shape index (κ3) is 3.90. The number of carbonyl (C=O) groups excluding carboxylic acids is 2. The molecule has 4 rings (SSSR count). The first-order chi connectivity index (χ1) is 14.4. The second-order valence-corrected chi connectivity index (χ2v) is 8.18. The minimum atomic E-state index is -0.455. The van der Waals surface area contributed by atoms with Gasteiger partial charge >= 0.3 is 6.03 Å². The van der Waals surface area contributed by atoms with Gasteiger partial charge in [0.2, 0.25) is 5.91 Å². The lowest BCUT2D eigenvalue weighted by molar-refractivity contribution is -0.126. The van der Waals surface area contributed by atoms with Crippen molar-refractivity contribution in [3.63, 3.8) is 0 Å². The lowest BCUT2D eigenvalue weighted by Gasteiger charge is -2.30. The summed E-state index contributed by atoms with van der Waals surface area (Å²) in [6, 6.07) is 14.1. The van der Waals surface area contributed by atoms with Crippen LogP contribution in [0.5, 0.6) is 0 Å². The summed E-state index contributed by atoms with van der Waals surface area (Å²) in [5.74, 6) is -0.237. The maximum absolute atomic E-state index is 12.8. The number of fused-ring (bicyclic) bond motifs is 1. The van der Waals surface area contributed by atoms with Crippen LogP contribution in [0.25, 0.3) is 22.2 Å². The van der Waals surface area contributed by atoms with Gasteiger partial charge in [-0.3, -0.25) is 4.79 Å². The van der Waals surface area contributed by atoms with E-state index in [9.17, 15) is 9.59 Å². The van der Waals surface area contributed by atoms with Crippen molar-refractivity contribution in [1.82, 2.24) is 15.2 Å². The van der Waals surface area contributed by atoms with Gasteiger partial charge in [-0.2, -0.15) is 0 Å². The predicted octanol–water partition coefficient (Wildman–Crippen LogP) is 3.86. The van der Waals surface area contributed by atoms with E-state index in [0.29, 0.717) is 19.6 Å². The number of aryl methyl sites for hydroxylation is 2. The standard InChI is InChI=1S/C24H28N4O2/c1-15-11-19(13-26-23(29)18-9-6-10-28(14-18)24(25)30)22-20(12-15)16(2)21(27-22)17-7-4-3-5-8-17/h3-5,7-8,11-12,18,27H,6,9-10,13-14H2,1-2H3,(H2,25,30)(H,26,29). The molecule has 1 aromatic heterocycles. The van der Waals surface area contributed by atoms with E-state index < -0.39 is 6.03 Å². The van der Waals surface area contributed by atoms with Crippen molar-refractivity contribution in [2.75, 3.05) is 13.1 Å². The maximum Gasteiger partial charge on any atom is 0.314 e. The average molecular weight is 405 g/mol. The number of nitrogens with two attached hydrogens (primary N) is 1. The molecular formula is C24H28N4O2. The second kappa shape index (κ2) is 8.22. The van der Waals surface area contributed by atoms with Crippen molar-refractivity contribution in [3.05, 3.63) is 59.2 Å². The van der Waals surface area contributed by atoms with Crippen molar-refractivity contribution >= 4 is 22.8 Å². The average Bonchev–Trinajstić information content (AvgIpc) is 3.09. The number of hydrogen-bond acceptors (Lipinski definition) is 2. The number of urea groups is 1. The zero-order chi connectivity index (χ0) is 21.3. The van der Waals surface area contributed by atoms with Gasteiger partial charge in [0.05, 0.1) is 11.4 Å². The van der Waals surface area contributed by atoms with Gasteiger partial charge in [0.1, 0.15) is 0 Å². The fourth-order valence-electron chi connectivity index (χ4n) is 4.41. The van der Waals surface area contributed by atoms with E-state index in [1.807, 2.05) is 18.2 Å². The third-order valence-corrected chi connectivity index (χ3v) is 6.01. The number of benzene rings is 2. The minimum Gasteiger partial charge on any atom is -0.354 e. The fourth-order valence-corrected chi connectivity index (χ4v) is 4.41. The lowest BCUT2D eigenvalue weighted by Crippen LogP contribution is -2.47. The van der Waals surface area contributed by atoms with Gasteiger partial charge in [0, 0.05) is 30.7 Å². The number of primary amides is 1. The third-order valence-electron chi connectivity index (χ3n) is 6.01. The van der Waals surface area contributed by atoms with Crippen LogP contribution in [0.3, 0.4) is 0 Å². The van der Waals surface area contributed by atoms with Crippen molar-refractivity contribution in [2.45, 2.75) is 33.2 Å². The number of nitrogens with one attached hydrogen (secondary N) is 2. The highest BCUT2D eigenvalue weighted by atomic mass is 16.2. The highest BCUT2D eigenvalue weighted by molar-refractivity contribution is 5.93. The Balaban J connectivity index is 1.57. The van der Waals surface area contributed by atoms with E-state index in [1.54, 1.807) is 4.90 Å². The first-order valence-electron chi connectivity index (χ1n) is 10.4. The molecule has 1 fully saturated rings. The quantitative estimate of drug-likeness (QED) is 0.616. The summed E-state index contributed by atoms with van der Waals surface area (Å²) >= 11 is 0. The SMILES string of the molecule is Cc1cc(CNC(=O)C2CCCN(C(N)=O)C2)c2[nH]c(-c3ccccc3)c(C)c2c1. The topological polar surface area (TPSA) is 91.2 Å². The normalized spacial score (nSPS) is 16.6. The van der Waals surface area contributed by atoms with Gasteiger partial charge in [-0.05, 0) is 49.4 Å². The summed E-state index contributed by atoms with van der Waals surface area (Å²) in [5, 5.41) is 4.25. The number of likely N-dealkylation sites (tertiary alicyclic amines) is 1. The molecule has 1 aliphatic rings. The largest absolute Gasteiger partial charge is 0.354 e. The Labute approximate surface area is 176 Å². The summed E-state index contributed by atoms with van der Waals surface area (Å²) in [7, 11) is 0. The molecule has 30 heavy (non-hydrogen) atoms. The van der Waals surface area contributed by atoms with Gasteiger partial charge in [-0.25, -0.2) is 4.79 Å². The number of nitrogens with zero attached hydrogens (tertiary/aromatic N) is 1. The molecule has 2 aromatic carbocycles. The predicted molar refractivity (Wildman–Crippen MR) is 119 cm³/mol. The van der Waals surface area contributed by atoms with Gasteiger partial charge in [0.25, 0.3) is 0 Å². The zero-order valence-corrected chi connectivity index (χ0v) is 17.5. The molecule has 3 aromatic rings. The first-order valence-corrected chi connectivity index (χ1v) is 10.4. The molecule has 6 heteroatoms. The first kappa shape index (κ1) is 20.0. The van der Waals surface area contributed by atoms with Gasteiger partial charge in [-0.15, -0.1) is 0 Å². The van der Waals surface area contributed by atoms with Crippen LogP contribution in [-0.4, -0.2) is 34.9 Å². The van der Waals surface area contributed by atoms with Crippen LogP contribution in [0.1, 0.15) is 29.5 Å². The van der Waals surface area contributed by atoms with Crippen molar-refractivity contribution in [3.8, 4) is 11.3 Å². The lowest BCUT2D eigenvalue weighted by atomic mass is 9.97. The van der Waals surface area contributed by atoms with E-state index in [-0.39, 0.29) is 11.8 Å². The van der Waals surface area contributed by atoms with E-state index in [1.165, 1.54) is 10.9 Å². The molecule has 0 bridgehead atoms. The highest BCUT2D eigenvalue weighted by Gasteiger charge is 2.27. The Morgan fingerprint density at radius 3 is 2.70 bits per heavy atom. The molecule has 0 radical (unpaired) electrons. The highest BCUT2D eigenvalue weighted by Crippen LogP contribution is 2.32. The van der Waals surface area contributed by atoms with Gasteiger partial charge in [-0.1, -0.05) is 42.0 Å². The Hall–Kier alpha value is -3.28. The van der Waals surface area contributed by atoms with Crippen LogP contribution >= 0.6 is 0 Å². The van der Waals surface area contributed by atoms with Crippen LogP contribution < -0.4 is 11.1 Å². The van der Waals surface area contributed by atoms with E-state index >= 15 is 0 Å². The van der Waals surface area contributed by atoms with Crippen LogP contribution in [0, 0.1) is 19.8 Å². The number of rotatable bonds is 4. The van der Waals surface area contributed by atoms with Crippen LogP contribution in [0.4, 0.5) is 4.79 Å². The smallest absolute Gasteiger partial charge is 0.314 e. The molecule has 4 N–H and O–H groups in total. The molecule has 1 unspecified atom stereocenters. The number of aromatic nitrogens is 1. The van der Waals surface area contributed by atoms with E-state index in [0.717, 1.165) is 40.7 Å². The summed E-state index contributed by atoms with van der Waals surface area (Å²) in [4.78, 5) is 29.3. The van der Waals surface area contributed by atoms with E-state index in [4.69, 9.17) is 5.73 Å². The molecule has 2 heterocycles. The van der Waals surface area contributed by atoms with Gasteiger partial charge < -0.3 is 20.9 Å². The number of piperidine rings is 1. The summed E-state index contributed by atoms with van der Waals surface area (Å²) < 4.78 is 0. The van der Waals surface area contributed by atoms with Crippen LogP contribution in [-0.2, 0) is 11.3 Å². The molecule has 1 atom stereocenters. The molecule has 0 saturated carbocycles. The van der Waals surface area contributed by atoms with Crippen molar-refractivity contribution in [2.24, 2.45) is 11.7 Å². The van der Waals surface area contributed by atoms with E-state index in [2.05, 4.69) is 48.4 Å². The van der Waals surface area contributed by atoms with Crippen molar-refractivity contribution < 1.29 is 9.59 Å². The Morgan fingerprint density at radius 2 is 1.97 bits per heavy atom. The Morgan fingerprint density at radius 1 is 1.20 bits per heavy atom. The molecule has 1 saturated heterocycles. The molecule has 3 amide bonds. The Kier molecular flexibility index (Phi) is 5.48. The molecule has 0 spiro atoms. The van der Waals surface area contributed by atoms with Crippen LogP contribution in [0.15, 0.2) is 42.5 Å². The fraction of sp³-hybridized carbons (Fsp3) is 0.333.